The van der Waals surface area contributed by atoms with Crippen LogP contribution in [0.3, 0.4) is 0 Å². The summed E-state index contributed by atoms with van der Waals surface area (Å²) in [5, 5.41) is 9.25. The summed E-state index contributed by atoms with van der Waals surface area (Å²) in [6.07, 6.45) is 10.5. The van der Waals surface area contributed by atoms with E-state index in [9.17, 15) is 4.79 Å². The van der Waals surface area contributed by atoms with Gasteiger partial charge in [0.25, 0.3) is 11.7 Å². The minimum absolute atomic E-state index is 0.0759. The van der Waals surface area contributed by atoms with Gasteiger partial charge in [-0.3, -0.25) is 9.78 Å². The first-order valence-corrected chi connectivity index (χ1v) is 13.1. The molecule has 0 atom stereocenters. The first-order valence-electron chi connectivity index (χ1n) is 13.1. The van der Waals surface area contributed by atoms with E-state index in [-0.39, 0.29) is 16.9 Å². The molecule has 38 heavy (non-hydrogen) atoms. The van der Waals surface area contributed by atoms with Gasteiger partial charge in [-0.2, -0.15) is 9.61 Å². The van der Waals surface area contributed by atoms with Crippen LogP contribution in [-0.4, -0.2) is 49.7 Å². The zero-order valence-corrected chi connectivity index (χ0v) is 21.2. The van der Waals surface area contributed by atoms with Gasteiger partial charge in [0.2, 0.25) is 0 Å². The minimum Gasteiger partial charge on any atom is -0.382 e. The van der Waals surface area contributed by atoms with E-state index in [2.05, 4.69) is 44.5 Å². The highest BCUT2D eigenvalue weighted by Crippen LogP contribution is 2.53. The van der Waals surface area contributed by atoms with Gasteiger partial charge < -0.3 is 10.1 Å². The van der Waals surface area contributed by atoms with Crippen LogP contribution in [-0.2, 0) is 10.2 Å². The van der Waals surface area contributed by atoms with E-state index in [0.29, 0.717) is 17.9 Å². The summed E-state index contributed by atoms with van der Waals surface area (Å²) < 4.78 is 7.21. The summed E-state index contributed by atoms with van der Waals surface area (Å²) in [5.74, 6) is 0.505. The van der Waals surface area contributed by atoms with Crippen LogP contribution in [0.2, 0.25) is 0 Å². The van der Waals surface area contributed by atoms with Gasteiger partial charge in [-0.05, 0) is 68.0 Å². The lowest BCUT2D eigenvalue weighted by atomic mass is 9.77. The molecule has 0 bridgehead atoms. The largest absolute Gasteiger partial charge is 0.382 e. The van der Waals surface area contributed by atoms with Crippen molar-refractivity contribution in [3.05, 3.63) is 90.0 Å². The van der Waals surface area contributed by atoms with Gasteiger partial charge in [-0.15, -0.1) is 0 Å². The van der Waals surface area contributed by atoms with Crippen molar-refractivity contribution in [2.75, 3.05) is 13.7 Å². The van der Waals surface area contributed by atoms with Crippen molar-refractivity contribution < 1.29 is 9.53 Å². The molecule has 2 aliphatic carbocycles. The zero-order valence-electron chi connectivity index (χ0n) is 21.2. The molecule has 8 nitrogen and oxygen atoms in total. The topological polar surface area (TPSA) is 94.3 Å². The Balaban J connectivity index is 1.18. The molecule has 2 aliphatic rings. The summed E-state index contributed by atoms with van der Waals surface area (Å²) in [6, 6.07) is 18.1. The number of carbonyl (C=O) groups is 1. The number of benzene rings is 2. The number of ether oxygens (including phenoxy) is 1. The van der Waals surface area contributed by atoms with Gasteiger partial charge in [0.15, 0.2) is 0 Å². The Kier molecular flexibility index (Phi) is 5.26. The van der Waals surface area contributed by atoms with Crippen LogP contribution in [0.5, 0.6) is 0 Å². The van der Waals surface area contributed by atoms with Crippen LogP contribution < -0.4 is 5.32 Å². The average Bonchev–Trinajstić information content (AvgIpc) is 3.63. The molecule has 0 saturated heterocycles. The number of carbonyl (C=O) groups excluding carboxylic acids is 1. The molecule has 8 heteroatoms. The Morgan fingerprint density at radius 2 is 1.82 bits per heavy atom. The van der Waals surface area contributed by atoms with Crippen LogP contribution in [0.15, 0.2) is 73.2 Å². The summed E-state index contributed by atoms with van der Waals surface area (Å²) in [5.41, 5.74) is 5.18. The van der Waals surface area contributed by atoms with Crippen LogP contribution >= 0.6 is 0 Å². The minimum atomic E-state index is -0.237. The molecule has 5 aromatic rings. The highest BCUT2D eigenvalue weighted by Gasteiger charge is 2.48. The maximum Gasteiger partial charge on any atom is 0.251 e. The summed E-state index contributed by atoms with van der Waals surface area (Å²) in [6.45, 7) is 0.539. The third-order valence-electron chi connectivity index (χ3n) is 8.18. The van der Waals surface area contributed by atoms with Gasteiger partial charge >= 0.3 is 0 Å². The van der Waals surface area contributed by atoms with Crippen molar-refractivity contribution in [1.82, 2.24) is 29.9 Å². The SMILES string of the molecule is COCC1(NC(=O)c2ccc(-c3cnc4ncc(C5(c6ccc7ncccc7c6)CC5)n4n3)cc2)CCC1. The molecule has 1 N–H and O–H groups in total. The number of pyridine rings is 1. The molecule has 0 aliphatic heterocycles. The molecule has 3 heterocycles. The standard InChI is InChI=1S/C30H28N6O2/c1-38-19-29(11-3-12-29)34-27(37)21-7-5-20(6-8-21)25-17-32-28-33-18-26(36(28)35-25)30(13-14-30)23-9-10-24-22(16-23)4-2-15-31-24/h2,4-10,15-18H,3,11-14,19H2,1H3,(H,34,37). The second-order valence-electron chi connectivity index (χ2n) is 10.6. The lowest BCUT2D eigenvalue weighted by molar-refractivity contribution is 0.0477. The van der Waals surface area contributed by atoms with Crippen LogP contribution in [0.25, 0.3) is 27.9 Å². The number of amides is 1. The number of methoxy groups -OCH3 is 1. The molecule has 0 radical (unpaired) electrons. The molecule has 2 fully saturated rings. The highest BCUT2D eigenvalue weighted by molar-refractivity contribution is 5.95. The van der Waals surface area contributed by atoms with Crippen molar-refractivity contribution in [2.45, 2.75) is 43.1 Å². The van der Waals surface area contributed by atoms with Crippen molar-refractivity contribution in [3.8, 4) is 11.3 Å². The molecule has 2 aromatic carbocycles. The number of rotatable bonds is 7. The fourth-order valence-electron chi connectivity index (χ4n) is 5.72. The Hall–Kier alpha value is -4.17. The molecule has 0 spiro atoms. The fourth-order valence-corrected chi connectivity index (χ4v) is 5.72. The monoisotopic (exact) mass is 504 g/mol. The van der Waals surface area contributed by atoms with Gasteiger partial charge in [0, 0.05) is 35.2 Å². The molecule has 2 saturated carbocycles. The average molecular weight is 505 g/mol. The van der Waals surface area contributed by atoms with Gasteiger partial charge in [0.05, 0.1) is 35.8 Å². The summed E-state index contributed by atoms with van der Waals surface area (Å²) in [4.78, 5) is 26.5. The van der Waals surface area contributed by atoms with Crippen molar-refractivity contribution in [2.24, 2.45) is 0 Å². The Morgan fingerprint density at radius 3 is 2.55 bits per heavy atom. The first-order chi connectivity index (χ1) is 18.6. The van der Waals surface area contributed by atoms with Crippen LogP contribution in [0.1, 0.15) is 53.7 Å². The van der Waals surface area contributed by atoms with E-state index in [1.807, 2.05) is 47.2 Å². The first kappa shape index (κ1) is 23.0. The molecular formula is C30H28N6O2. The van der Waals surface area contributed by atoms with Gasteiger partial charge in [-0.25, -0.2) is 9.97 Å². The maximum absolute atomic E-state index is 12.9. The normalized spacial score (nSPS) is 17.3. The van der Waals surface area contributed by atoms with E-state index < -0.39 is 0 Å². The van der Waals surface area contributed by atoms with Gasteiger partial charge in [-0.1, -0.05) is 24.3 Å². The van der Waals surface area contributed by atoms with E-state index in [1.54, 1.807) is 13.3 Å². The van der Waals surface area contributed by atoms with Crippen molar-refractivity contribution in [1.29, 1.82) is 0 Å². The number of fused-ring (bicyclic) bond motifs is 2. The second kappa shape index (κ2) is 8.70. The Labute approximate surface area is 220 Å². The quantitative estimate of drug-likeness (QED) is 0.345. The number of nitrogens with one attached hydrogen (secondary N) is 1. The number of imidazole rings is 1. The smallest absolute Gasteiger partial charge is 0.251 e. The fraction of sp³-hybridized carbons (Fsp3) is 0.300. The van der Waals surface area contributed by atoms with Gasteiger partial charge in [0.1, 0.15) is 5.69 Å². The van der Waals surface area contributed by atoms with Crippen molar-refractivity contribution in [3.63, 3.8) is 0 Å². The second-order valence-corrected chi connectivity index (χ2v) is 10.6. The highest BCUT2D eigenvalue weighted by atomic mass is 16.5. The molecule has 0 unspecified atom stereocenters. The molecular weight excluding hydrogens is 476 g/mol. The van der Waals surface area contributed by atoms with E-state index in [0.717, 1.165) is 60.0 Å². The zero-order chi connectivity index (χ0) is 25.7. The third kappa shape index (κ3) is 3.75. The molecule has 7 rings (SSSR count). The summed E-state index contributed by atoms with van der Waals surface area (Å²) >= 11 is 0. The molecule has 190 valence electrons. The predicted octanol–water partition coefficient (Wildman–Crippen LogP) is 4.72. The molecule has 3 aromatic heterocycles. The predicted molar refractivity (Wildman–Crippen MR) is 144 cm³/mol. The Morgan fingerprint density at radius 1 is 1.00 bits per heavy atom. The Bertz CT molecular complexity index is 1670. The number of aromatic nitrogens is 5. The lowest BCUT2D eigenvalue weighted by Crippen LogP contribution is -2.56. The number of hydrogen-bond donors (Lipinski definition) is 1. The third-order valence-corrected chi connectivity index (χ3v) is 8.18. The van der Waals surface area contributed by atoms with E-state index >= 15 is 0 Å². The van der Waals surface area contributed by atoms with Crippen molar-refractivity contribution >= 4 is 22.6 Å². The van der Waals surface area contributed by atoms with Crippen LogP contribution in [0, 0.1) is 0 Å². The van der Waals surface area contributed by atoms with E-state index in [1.165, 1.54) is 5.56 Å². The van der Waals surface area contributed by atoms with Crippen LogP contribution in [0.4, 0.5) is 0 Å². The van der Waals surface area contributed by atoms with E-state index in [4.69, 9.17) is 9.84 Å². The number of hydrogen-bond acceptors (Lipinski definition) is 6. The lowest BCUT2D eigenvalue weighted by Gasteiger charge is -2.41. The number of nitrogens with zero attached hydrogens (tertiary/aromatic N) is 5. The molecule has 1 amide bonds. The maximum atomic E-state index is 12.9. The summed E-state index contributed by atoms with van der Waals surface area (Å²) in [7, 11) is 1.68.